The summed E-state index contributed by atoms with van der Waals surface area (Å²) in [4.78, 5) is 4.02. The molecule has 0 saturated carbocycles. The second-order valence-electron chi connectivity index (χ2n) is 4.78. The molecule has 102 valence electrons. The fourth-order valence-corrected chi connectivity index (χ4v) is 3.54. The zero-order valence-corrected chi connectivity index (χ0v) is 14.2. The molecule has 3 nitrogen and oxygen atoms in total. The van der Waals surface area contributed by atoms with Crippen LogP contribution in [-0.4, -0.2) is 14.8 Å². The molecular weight excluding hydrogens is 370 g/mol. The van der Waals surface area contributed by atoms with Crippen LogP contribution in [0.4, 0.5) is 0 Å². The Morgan fingerprint density at radius 3 is 2.68 bits per heavy atom. The van der Waals surface area contributed by atoms with Gasteiger partial charge in [-0.3, -0.25) is 4.68 Å². The number of rotatable bonds is 5. The normalized spacial score (nSPS) is 14.3. The van der Waals surface area contributed by atoms with Gasteiger partial charge in [-0.2, -0.15) is 5.10 Å². The van der Waals surface area contributed by atoms with Crippen LogP contribution in [0.5, 0.6) is 0 Å². The van der Waals surface area contributed by atoms with E-state index in [2.05, 4.69) is 74.0 Å². The van der Waals surface area contributed by atoms with Crippen molar-refractivity contribution in [3.8, 4) is 0 Å². The summed E-state index contributed by atoms with van der Waals surface area (Å²) in [6.45, 7) is 5.37. The Balaban J connectivity index is 2.31. The molecule has 2 atom stereocenters. The molecular formula is C14H17Br2N3. The summed E-state index contributed by atoms with van der Waals surface area (Å²) in [6, 6.07) is 6.38. The van der Waals surface area contributed by atoms with E-state index in [9.17, 15) is 0 Å². The molecule has 5 heteroatoms. The molecule has 0 amide bonds. The van der Waals surface area contributed by atoms with Crippen molar-refractivity contribution >= 4 is 31.9 Å². The fraction of sp³-hybridized carbons (Fsp3) is 0.429. The quantitative estimate of drug-likeness (QED) is 0.749. The first-order valence-electron chi connectivity index (χ1n) is 6.39. The van der Waals surface area contributed by atoms with Gasteiger partial charge in [-0.15, -0.1) is 0 Å². The molecule has 2 aromatic rings. The van der Waals surface area contributed by atoms with Gasteiger partial charge in [0.2, 0.25) is 0 Å². The fourth-order valence-electron chi connectivity index (χ4n) is 2.20. The van der Waals surface area contributed by atoms with Crippen LogP contribution in [0.3, 0.4) is 0 Å². The lowest BCUT2D eigenvalue weighted by Gasteiger charge is -2.24. The average Bonchev–Trinajstić information content (AvgIpc) is 2.89. The van der Waals surface area contributed by atoms with E-state index in [0.29, 0.717) is 11.8 Å². The SMILES string of the molecule is CCC(C)C(Cn1cncn1)c1ccc(Br)cc1Br. The second kappa shape index (κ2) is 6.66. The van der Waals surface area contributed by atoms with Gasteiger partial charge in [0, 0.05) is 21.4 Å². The minimum absolute atomic E-state index is 0.425. The molecule has 0 saturated heterocycles. The number of nitrogens with zero attached hydrogens (tertiary/aromatic N) is 3. The highest BCUT2D eigenvalue weighted by molar-refractivity contribution is 9.11. The minimum atomic E-state index is 0.425. The van der Waals surface area contributed by atoms with Gasteiger partial charge in [-0.05, 0) is 23.6 Å². The van der Waals surface area contributed by atoms with E-state index in [0.717, 1.165) is 21.9 Å². The van der Waals surface area contributed by atoms with Gasteiger partial charge in [0.1, 0.15) is 12.7 Å². The Morgan fingerprint density at radius 1 is 1.32 bits per heavy atom. The maximum absolute atomic E-state index is 4.23. The summed E-state index contributed by atoms with van der Waals surface area (Å²) in [5.74, 6) is 1.01. The number of halogens is 2. The largest absolute Gasteiger partial charge is 0.252 e. The van der Waals surface area contributed by atoms with Crippen LogP contribution in [0.1, 0.15) is 31.7 Å². The summed E-state index contributed by atoms with van der Waals surface area (Å²) in [6.07, 6.45) is 4.51. The predicted molar refractivity (Wildman–Crippen MR) is 84.1 cm³/mol. The molecule has 0 radical (unpaired) electrons. The summed E-state index contributed by atoms with van der Waals surface area (Å²) < 4.78 is 4.14. The number of hydrogen-bond acceptors (Lipinski definition) is 2. The van der Waals surface area contributed by atoms with Crippen molar-refractivity contribution in [1.82, 2.24) is 14.8 Å². The van der Waals surface area contributed by atoms with Crippen molar-refractivity contribution in [1.29, 1.82) is 0 Å². The van der Waals surface area contributed by atoms with E-state index in [4.69, 9.17) is 0 Å². The number of benzene rings is 1. The standard InChI is InChI=1S/C14H17Br2N3/c1-3-10(2)13(7-19-9-17-8-18-19)12-5-4-11(15)6-14(12)16/h4-6,8-10,13H,3,7H2,1-2H3. The Kier molecular flexibility index (Phi) is 5.16. The lowest BCUT2D eigenvalue weighted by atomic mass is 9.85. The van der Waals surface area contributed by atoms with Crippen LogP contribution in [0.15, 0.2) is 39.8 Å². The molecule has 19 heavy (non-hydrogen) atoms. The summed E-state index contributed by atoms with van der Waals surface area (Å²) in [5.41, 5.74) is 1.33. The van der Waals surface area contributed by atoms with Crippen LogP contribution in [0, 0.1) is 5.92 Å². The van der Waals surface area contributed by atoms with Gasteiger partial charge in [-0.25, -0.2) is 4.98 Å². The van der Waals surface area contributed by atoms with Crippen molar-refractivity contribution < 1.29 is 0 Å². The second-order valence-corrected chi connectivity index (χ2v) is 6.55. The van der Waals surface area contributed by atoms with Gasteiger partial charge in [0.15, 0.2) is 0 Å². The van der Waals surface area contributed by atoms with Crippen LogP contribution in [0.2, 0.25) is 0 Å². The summed E-state index contributed by atoms with van der Waals surface area (Å²) in [5, 5.41) is 4.23. The topological polar surface area (TPSA) is 30.7 Å². The molecule has 0 spiro atoms. The van der Waals surface area contributed by atoms with Gasteiger partial charge >= 0.3 is 0 Å². The molecule has 1 aromatic heterocycles. The molecule has 0 aliphatic rings. The van der Waals surface area contributed by atoms with E-state index in [-0.39, 0.29) is 0 Å². The van der Waals surface area contributed by atoms with Crippen molar-refractivity contribution in [3.63, 3.8) is 0 Å². The maximum Gasteiger partial charge on any atom is 0.137 e. The van der Waals surface area contributed by atoms with Crippen LogP contribution in [0.25, 0.3) is 0 Å². The molecule has 2 rings (SSSR count). The van der Waals surface area contributed by atoms with Gasteiger partial charge in [0.05, 0.1) is 0 Å². The van der Waals surface area contributed by atoms with Gasteiger partial charge in [-0.1, -0.05) is 58.2 Å². The molecule has 0 aliphatic heterocycles. The minimum Gasteiger partial charge on any atom is -0.252 e. The molecule has 1 heterocycles. The third-order valence-electron chi connectivity index (χ3n) is 3.54. The van der Waals surface area contributed by atoms with Crippen molar-refractivity contribution in [2.24, 2.45) is 5.92 Å². The lowest BCUT2D eigenvalue weighted by molar-refractivity contribution is 0.380. The Morgan fingerprint density at radius 2 is 2.11 bits per heavy atom. The van der Waals surface area contributed by atoms with Crippen molar-refractivity contribution in [3.05, 3.63) is 45.4 Å². The highest BCUT2D eigenvalue weighted by atomic mass is 79.9. The number of hydrogen-bond donors (Lipinski definition) is 0. The first-order chi connectivity index (χ1) is 9.11. The zero-order chi connectivity index (χ0) is 13.8. The van der Waals surface area contributed by atoms with E-state index >= 15 is 0 Å². The van der Waals surface area contributed by atoms with E-state index < -0.39 is 0 Å². The number of aromatic nitrogens is 3. The summed E-state index contributed by atoms with van der Waals surface area (Å²) >= 11 is 7.18. The third kappa shape index (κ3) is 3.66. The summed E-state index contributed by atoms with van der Waals surface area (Å²) in [7, 11) is 0. The lowest BCUT2D eigenvalue weighted by Crippen LogP contribution is -2.17. The predicted octanol–water partition coefficient (Wildman–Crippen LogP) is 4.63. The van der Waals surface area contributed by atoms with E-state index in [1.54, 1.807) is 12.7 Å². The van der Waals surface area contributed by atoms with E-state index in [1.165, 1.54) is 5.56 Å². The molecule has 0 fully saturated rings. The monoisotopic (exact) mass is 385 g/mol. The van der Waals surface area contributed by atoms with Gasteiger partial charge in [0.25, 0.3) is 0 Å². The Bertz CT molecular complexity index is 525. The smallest absolute Gasteiger partial charge is 0.137 e. The highest BCUT2D eigenvalue weighted by Gasteiger charge is 2.21. The molecule has 0 bridgehead atoms. The van der Waals surface area contributed by atoms with Crippen LogP contribution >= 0.6 is 31.9 Å². The maximum atomic E-state index is 4.23. The molecule has 0 N–H and O–H groups in total. The van der Waals surface area contributed by atoms with Crippen LogP contribution < -0.4 is 0 Å². The zero-order valence-electron chi connectivity index (χ0n) is 11.1. The Labute approximate surface area is 130 Å². The average molecular weight is 387 g/mol. The first-order valence-corrected chi connectivity index (χ1v) is 7.97. The van der Waals surface area contributed by atoms with Gasteiger partial charge < -0.3 is 0 Å². The van der Waals surface area contributed by atoms with Crippen molar-refractivity contribution in [2.75, 3.05) is 0 Å². The highest BCUT2D eigenvalue weighted by Crippen LogP contribution is 2.34. The Hall–Kier alpha value is -0.680. The molecule has 1 aromatic carbocycles. The van der Waals surface area contributed by atoms with E-state index in [1.807, 2.05) is 4.68 Å². The van der Waals surface area contributed by atoms with Crippen LogP contribution in [-0.2, 0) is 6.54 Å². The first kappa shape index (κ1) is 14.7. The third-order valence-corrected chi connectivity index (χ3v) is 4.72. The molecule has 2 unspecified atom stereocenters. The van der Waals surface area contributed by atoms with Crippen molar-refractivity contribution in [2.45, 2.75) is 32.7 Å². The molecule has 0 aliphatic carbocycles.